The van der Waals surface area contributed by atoms with E-state index in [1.54, 1.807) is 0 Å². The van der Waals surface area contributed by atoms with Gasteiger partial charge in [0.25, 0.3) is 0 Å². The normalized spacial score (nSPS) is 14.1. The standard InChI is InChI=1S/C11H14BrF4NOS/c1-2-17-9(7-4-19-5-8(7)12)3-18-6-11(15,16)10(13)14/h4-5,9-10,17H,2-3,6H2,1H3. The van der Waals surface area contributed by atoms with Crippen LogP contribution in [0.15, 0.2) is 15.2 Å². The highest BCUT2D eigenvalue weighted by atomic mass is 79.9. The van der Waals surface area contributed by atoms with Crippen molar-refractivity contribution in [2.24, 2.45) is 0 Å². The predicted octanol–water partition coefficient (Wildman–Crippen LogP) is 4.08. The van der Waals surface area contributed by atoms with Crippen molar-refractivity contribution in [1.29, 1.82) is 0 Å². The average molecular weight is 364 g/mol. The first-order valence-corrected chi connectivity index (χ1v) is 7.30. The van der Waals surface area contributed by atoms with Crippen molar-refractivity contribution in [2.45, 2.75) is 25.3 Å². The van der Waals surface area contributed by atoms with Crippen molar-refractivity contribution in [3.8, 4) is 0 Å². The summed E-state index contributed by atoms with van der Waals surface area (Å²) in [6.07, 6.45) is -3.71. The molecule has 110 valence electrons. The van der Waals surface area contributed by atoms with Gasteiger partial charge in [0, 0.05) is 9.85 Å². The first kappa shape index (κ1) is 16.9. The van der Waals surface area contributed by atoms with Gasteiger partial charge in [-0.25, -0.2) is 8.78 Å². The van der Waals surface area contributed by atoms with E-state index in [0.717, 1.165) is 10.0 Å². The molecule has 0 spiro atoms. The number of thiophene rings is 1. The maximum Gasteiger partial charge on any atom is 0.330 e. The largest absolute Gasteiger partial charge is 0.373 e. The van der Waals surface area contributed by atoms with Crippen molar-refractivity contribution in [3.05, 3.63) is 20.8 Å². The fourth-order valence-corrected chi connectivity index (χ4v) is 3.05. The van der Waals surface area contributed by atoms with E-state index in [2.05, 4.69) is 21.2 Å². The van der Waals surface area contributed by atoms with Gasteiger partial charge in [0.2, 0.25) is 0 Å². The average Bonchev–Trinajstić information content (AvgIpc) is 2.74. The number of rotatable bonds is 8. The highest BCUT2D eigenvalue weighted by Crippen LogP contribution is 2.28. The third-order valence-electron chi connectivity index (χ3n) is 2.37. The third-order valence-corrected chi connectivity index (χ3v) is 4.12. The Labute approximate surface area is 121 Å². The van der Waals surface area contributed by atoms with Gasteiger partial charge in [-0.2, -0.15) is 20.1 Å². The Kier molecular flexibility index (Phi) is 6.72. The Morgan fingerprint density at radius 1 is 1.42 bits per heavy atom. The molecular weight excluding hydrogens is 350 g/mol. The molecule has 0 aliphatic heterocycles. The second kappa shape index (κ2) is 7.56. The second-order valence-electron chi connectivity index (χ2n) is 3.86. The predicted molar refractivity (Wildman–Crippen MR) is 70.2 cm³/mol. The van der Waals surface area contributed by atoms with Crippen LogP contribution in [0.5, 0.6) is 0 Å². The molecule has 0 radical (unpaired) electrons. The molecule has 1 N–H and O–H groups in total. The van der Waals surface area contributed by atoms with E-state index in [-0.39, 0.29) is 12.6 Å². The van der Waals surface area contributed by atoms with E-state index in [1.165, 1.54) is 11.3 Å². The molecule has 1 unspecified atom stereocenters. The highest BCUT2D eigenvalue weighted by Gasteiger charge is 2.41. The molecule has 1 aromatic heterocycles. The van der Waals surface area contributed by atoms with Crippen molar-refractivity contribution >= 4 is 27.3 Å². The van der Waals surface area contributed by atoms with Gasteiger partial charge in [0.15, 0.2) is 0 Å². The van der Waals surface area contributed by atoms with Crippen LogP contribution in [-0.2, 0) is 4.74 Å². The first-order chi connectivity index (χ1) is 8.88. The van der Waals surface area contributed by atoms with E-state index >= 15 is 0 Å². The van der Waals surface area contributed by atoms with Crippen LogP contribution in [0.25, 0.3) is 0 Å². The van der Waals surface area contributed by atoms with E-state index in [1.807, 2.05) is 17.7 Å². The Bertz CT molecular complexity index is 389. The summed E-state index contributed by atoms with van der Waals surface area (Å²) < 4.78 is 54.9. The third kappa shape index (κ3) is 5.02. The van der Waals surface area contributed by atoms with E-state index in [9.17, 15) is 17.6 Å². The van der Waals surface area contributed by atoms with Gasteiger partial charge in [-0.05, 0) is 33.4 Å². The Morgan fingerprint density at radius 3 is 2.58 bits per heavy atom. The zero-order valence-corrected chi connectivity index (χ0v) is 12.5. The summed E-state index contributed by atoms with van der Waals surface area (Å²) in [5.74, 6) is -4.11. The first-order valence-electron chi connectivity index (χ1n) is 5.57. The second-order valence-corrected chi connectivity index (χ2v) is 5.46. The molecule has 0 saturated carbocycles. The lowest BCUT2D eigenvalue weighted by atomic mass is 10.1. The van der Waals surface area contributed by atoms with E-state index in [4.69, 9.17) is 4.74 Å². The van der Waals surface area contributed by atoms with Crippen LogP contribution in [0.3, 0.4) is 0 Å². The summed E-state index contributed by atoms with van der Waals surface area (Å²) in [5, 5.41) is 6.77. The lowest BCUT2D eigenvalue weighted by Crippen LogP contribution is -2.34. The van der Waals surface area contributed by atoms with Crippen LogP contribution in [0, 0.1) is 0 Å². The molecule has 8 heteroatoms. The topological polar surface area (TPSA) is 21.3 Å². The minimum atomic E-state index is -4.11. The number of likely N-dealkylation sites (N-methyl/N-ethyl adjacent to an activating group) is 1. The Hall–Kier alpha value is -0.180. The number of halogens is 5. The smallest absolute Gasteiger partial charge is 0.330 e. The molecule has 0 aliphatic carbocycles. The Balaban J connectivity index is 2.54. The van der Waals surface area contributed by atoms with Crippen LogP contribution < -0.4 is 5.32 Å². The van der Waals surface area contributed by atoms with Gasteiger partial charge in [-0.1, -0.05) is 6.92 Å². The number of hydrogen-bond acceptors (Lipinski definition) is 3. The van der Waals surface area contributed by atoms with Crippen LogP contribution in [0.2, 0.25) is 0 Å². The zero-order chi connectivity index (χ0) is 14.5. The van der Waals surface area contributed by atoms with Crippen molar-refractivity contribution in [2.75, 3.05) is 19.8 Å². The fourth-order valence-electron chi connectivity index (χ4n) is 1.42. The van der Waals surface area contributed by atoms with Gasteiger partial charge < -0.3 is 10.1 Å². The van der Waals surface area contributed by atoms with Gasteiger partial charge in [-0.15, -0.1) is 0 Å². The summed E-state index contributed by atoms with van der Waals surface area (Å²) >= 11 is 4.79. The number of nitrogens with one attached hydrogen (secondary N) is 1. The number of ether oxygens (including phenoxy) is 1. The maximum absolute atomic E-state index is 12.7. The summed E-state index contributed by atoms with van der Waals surface area (Å²) in [6, 6.07) is -0.306. The SMILES string of the molecule is CCNC(COCC(F)(F)C(F)F)c1cscc1Br. The Morgan fingerprint density at radius 2 is 2.11 bits per heavy atom. The molecule has 0 saturated heterocycles. The summed E-state index contributed by atoms with van der Waals surface area (Å²) in [7, 11) is 0. The minimum Gasteiger partial charge on any atom is -0.373 e. The van der Waals surface area contributed by atoms with Crippen LogP contribution in [0.4, 0.5) is 17.6 Å². The van der Waals surface area contributed by atoms with Crippen molar-refractivity contribution in [3.63, 3.8) is 0 Å². The molecule has 0 bridgehead atoms. The molecule has 1 heterocycles. The van der Waals surface area contributed by atoms with Gasteiger partial charge in [0.05, 0.1) is 12.6 Å². The van der Waals surface area contributed by atoms with Crippen molar-refractivity contribution < 1.29 is 22.3 Å². The van der Waals surface area contributed by atoms with Crippen LogP contribution in [0.1, 0.15) is 18.5 Å². The van der Waals surface area contributed by atoms with E-state index < -0.39 is 19.0 Å². The minimum absolute atomic E-state index is 0.0918. The fraction of sp³-hybridized carbons (Fsp3) is 0.636. The van der Waals surface area contributed by atoms with Gasteiger partial charge in [0.1, 0.15) is 6.61 Å². The van der Waals surface area contributed by atoms with Gasteiger partial charge >= 0.3 is 12.3 Å². The number of alkyl halides is 4. The monoisotopic (exact) mass is 363 g/mol. The van der Waals surface area contributed by atoms with Gasteiger partial charge in [-0.3, -0.25) is 0 Å². The molecule has 2 nitrogen and oxygen atoms in total. The molecule has 1 rings (SSSR count). The van der Waals surface area contributed by atoms with Crippen molar-refractivity contribution in [1.82, 2.24) is 5.32 Å². The van der Waals surface area contributed by atoms with E-state index in [0.29, 0.717) is 6.54 Å². The molecule has 0 aliphatic rings. The summed E-state index contributed by atoms with van der Waals surface area (Å²) in [4.78, 5) is 0. The maximum atomic E-state index is 12.7. The molecule has 0 fully saturated rings. The zero-order valence-electron chi connectivity index (χ0n) is 10.1. The number of hydrogen-bond donors (Lipinski definition) is 1. The lowest BCUT2D eigenvalue weighted by Gasteiger charge is -2.20. The summed E-state index contributed by atoms with van der Waals surface area (Å²) in [6.45, 7) is 1.10. The lowest BCUT2D eigenvalue weighted by molar-refractivity contribution is -0.167. The molecule has 1 aromatic rings. The summed E-state index contributed by atoms with van der Waals surface area (Å²) in [5.41, 5.74) is 0.868. The van der Waals surface area contributed by atoms with Crippen LogP contribution in [-0.4, -0.2) is 32.1 Å². The molecule has 0 amide bonds. The molecule has 0 aromatic carbocycles. The molecular formula is C11H14BrF4NOS. The quantitative estimate of drug-likeness (QED) is 0.702. The van der Waals surface area contributed by atoms with Crippen LogP contribution >= 0.6 is 27.3 Å². The highest BCUT2D eigenvalue weighted by molar-refractivity contribution is 9.10. The molecule has 1 atom stereocenters. The molecule has 19 heavy (non-hydrogen) atoms.